The third kappa shape index (κ3) is 4.86. The van der Waals surface area contributed by atoms with Gasteiger partial charge >= 0.3 is 0 Å². The maximum atomic E-state index is 13.8. The Morgan fingerprint density at radius 1 is 0.946 bits per heavy atom. The first kappa shape index (κ1) is 23.8. The maximum Gasteiger partial charge on any atom is 0.254 e. The molecule has 0 bridgehead atoms. The Morgan fingerprint density at radius 3 is 2.51 bits per heavy atom. The maximum absolute atomic E-state index is 13.8. The van der Waals surface area contributed by atoms with E-state index in [4.69, 9.17) is 19.2 Å². The summed E-state index contributed by atoms with van der Waals surface area (Å²) in [5.41, 5.74) is 4.34. The number of ether oxygens (including phenoxy) is 3. The topological polar surface area (TPSA) is 64.1 Å². The molecule has 0 aliphatic carbocycles. The largest absolute Gasteiger partial charge is 0.497 e. The van der Waals surface area contributed by atoms with Gasteiger partial charge in [-0.3, -0.25) is 9.69 Å². The molecule has 0 unspecified atom stereocenters. The molecule has 1 aromatic heterocycles. The summed E-state index contributed by atoms with van der Waals surface area (Å²) in [5, 5.41) is 0.847. The fraction of sp³-hybridized carbons (Fsp3) is 0.241. The lowest BCUT2D eigenvalue weighted by atomic mass is 10.0. The van der Waals surface area contributed by atoms with Gasteiger partial charge < -0.3 is 19.1 Å². The number of carbonyl (C=O) groups excluding carboxylic acids is 1. The number of aromatic nitrogens is 1. The number of methoxy groups -OCH3 is 1. The van der Waals surface area contributed by atoms with E-state index in [2.05, 4.69) is 26.9 Å². The first-order valence-corrected chi connectivity index (χ1v) is 13.0. The molecule has 3 heterocycles. The van der Waals surface area contributed by atoms with E-state index in [1.807, 2.05) is 65.6 Å². The van der Waals surface area contributed by atoms with Crippen LogP contribution in [0, 0.1) is 0 Å². The predicted octanol–water partition coefficient (Wildman–Crippen LogP) is 5.36. The molecule has 188 valence electrons. The van der Waals surface area contributed by atoms with E-state index in [-0.39, 0.29) is 12.7 Å². The molecule has 7 nitrogen and oxygen atoms in total. The number of halogens is 1. The van der Waals surface area contributed by atoms with Crippen molar-refractivity contribution in [3.8, 4) is 28.5 Å². The molecule has 0 saturated carbocycles. The molecule has 1 fully saturated rings. The smallest absolute Gasteiger partial charge is 0.254 e. The third-order valence-corrected chi connectivity index (χ3v) is 7.38. The van der Waals surface area contributed by atoms with Gasteiger partial charge in [0.05, 0.1) is 23.9 Å². The summed E-state index contributed by atoms with van der Waals surface area (Å²) in [6.07, 6.45) is 0. The lowest BCUT2D eigenvalue weighted by Gasteiger charge is -2.35. The molecular formula is C29H26BrN3O4. The average Bonchev–Trinajstić information content (AvgIpc) is 3.41. The van der Waals surface area contributed by atoms with Crippen molar-refractivity contribution in [3.05, 3.63) is 82.3 Å². The van der Waals surface area contributed by atoms with Gasteiger partial charge in [-0.25, -0.2) is 4.98 Å². The van der Waals surface area contributed by atoms with Gasteiger partial charge in [-0.15, -0.1) is 0 Å². The monoisotopic (exact) mass is 559 g/mol. The minimum atomic E-state index is 0.0305. The van der Waals surface area contributed by atoms with Crippen LogP contribution in [0.4, 0.5) is 0 Å². The normalized spacial score (nSPS) is 15.2. The second-order valence-corrected chi connectivity index (χ2v) is 10.1. The SMILES string of the molecule is COc1ccc(-c2cc(C(=O)N3CCN(Cc4ccc5c(c4)OCO5)CC3)c3cc(Br)ccc3n2)cc1. The number of amides is 1. The second kappa shape index (κ2) is 10.0. The van der Waals surface area contributed by atoms with Gasteiger partial charge in [0, 0.05) is 48.1 Å². The Hall–Kier alpha value is -3.62. The van der Waals surface area contributed by atoms with Gasteiger partial charge in [0.15, 0.2) is 11.5 Å². The predicted molar refractivity (Wildman–Crippen MR) is 145 cm³/mol. The van der Waals surface area contributed by atoms with Crippen LogP contribution in [0.5, 0.6) is 17.2 Å². The van der Waals surface area contributed by atoms with Crippen LogP contribution in [0.1, 0.15) is 15.9 Å². The van der Waals surface area contributed by atoms with E-state index in [0.29, 0.717) is 18.7 Å². The number of benzene rings is 3. The Morgan fingerprint density at radius 2 is 1.73 bits per heavy atom. The van der Waals surface area contributed by atoms with Crippen molar-refractivity contribution < 1.29 is 19.0 Å². The van der Waals surface area contributed by atoms with Crippen LogP contribution in [0.2, 0.25) is 0 Å². The fourth-order valence-corrected chi connectivity index (χ4v) is 5.22. The van der Waals surface area contributed by atoms with E-state index in [9.17, 15) is 4.79 Å². The highest BCUT2D eigenvalue weighted by Crippen LogP contribution is 2.33. The molecule has 2 aliphatic heterocycles. The molecule has 3 aromatic carbocycles. The minimum absolute atomic E-state index is 0.0305. The third-order valence-electron chi connectivity index (χ3n) is 6.89. The van der Waals surface area contributed by atoms with Crippen LogP contribution >= 0.6 is 15.9 Å². The number of fused-ring (bicyclic) bond motifs is 2. The number of rotatable bonds is 5. The molecular weight excluding hydrogens is 534 g/mol. The van der Waals surface area contributed by atoms with Gasteiger partial charge in [0.25, 0.3) is 5.91 Å². The molecule has 4 aromatic rings. The highest BCUT2D eigenvalue weighted by Gasteiger charge is 2.25. The molecule has 6 rings (SSSR count). The summed E-state index contributed by atoms with van der Waals surface area (Å²) in [5.74, 6) is 2.41. The zero-order chi connectivity index (χ0) is 25.4. The zero-order valence-electron chi connectivity index (χ0n) is 20.4. The molecule has 0 atom stereocenters. The Kier molecular flexibility index (Phi) is 6.44. The first-order valence-electron chi connectivity index (χ1n) is 12.2. The highest BCUT2D eigenvalue weighted by molar-refractivity contribution is 9.10. The second-order valence-electron chi connectivity index (χ2n) is 9.20. The van der Waals surface area contributed by atoms with Gasteiger partial charge in [-0.2, -0.15) is 0 Å². The highest BCUT2D eigenvalue weighted by atomic mass is 79.9. The summed E-state index contributed by atoms with van der Waals surface area (Å²) in [4.78, 5) is 23.0. The summed E-state index contributed by atoms with van der Waals surface area (Å²) >= 11 is 3.56. The van der Waals surface area contributed by atoms with Crippen molar-refractivity contribution in [1.29, 1.82) is 0 Å². The number of carbonyl (C=O) groups is 1. The van der Waals surface area contributed by atoms with E-state index in [1.165, 1.54) is 5.56 Å². The van der Waals surface area contributed by atoms with Crippen LogP contribution < -0.4 is 14.2 Å². The van der Waals surface area contributed by atoms with Crippen molar-refractivity contribution >= 4 is 32.7 Å². The average molecular weight is 560 g/mol. The van der Waals surface area contributed by atoms with E-state index in [1.54, 1.807) is 7.11 Å². The lowest BCUT2D eigenvalue weighted by Crippen LogP contribution is -2.48. The number of pyridine rings is 1. The fourth-order valence-electron chi connectivity index (χ4n) is 4.86. The molecule has 0 N–H and O–H groups in total. The van der Waals surface area contributed by atoms with Crippen LogP contribution in [-0.2, 0) is 6.54 Å². The molecule has 1 amide bonds. The first-order chi connectivity index (χ1) is 18.1. The van der Waals surface area contributed by atoms with Crippen molar-refractivity contribution in [2.75, 3.05) is 40.1 Å². The zero-order valence-corrected chi connectivity index (χ0v) is 22.0. The van der Waals surface area contributed by atoms with Crippen molar-refractivity contribution in [2.45, 2.75) is 6.54 Å². The van der Waals surface area contributed by atoms with Gasteiger partial charge in [0.2, 0.25) is 6.79 Å². The number of hydrogen-bond acceptors (Lipinski definition) is 6. The van der Waals surface area contributed by atoms with Gasteiger partial charge in [-0.05, 0) is 66.2 Å². The van der Waals surface area contributed by atoms with Crippen LogP contribution in [0.25, 0.3) is 22.2 Å². The van der Waals surface area contributed by atoms with Crippen molar-refractivity contribution in [1.82, 2.24) is 14.8 Å². The Labute approximate surface area is 223 Å². The van der Waals surface area contributed by atoms with E-state index >= 15 is 0 Å². The Balaban J connectivity index is 1.22. The van der Waals surface area contributed by atoms with Crippen molar-refractivity contribution in [2.24, 2.45) is 0 Å². The van der Waals surface area contributed by atoms with E-state index in [0.717, 1.165) is 63.5 Å². The number of hydrogen-bond donors (Lipinski definition) is 0. The van der Waals surface area contributed by atoms with Crippen LogP contribution in [0.3, 0.4) is 0 Å². The summed E-state index contributed by atoms with van der Waals surface area (Å²) in [7, 11) is 1.65. The molecule has 1 saturated heterocycles. The summed E-state index contributed by atoms with van der Waals surface area (Å²) in [6.45, 7) is 4.03. The van der Waals surface area contributed by atoms with Gasteiger partial charge in [0.1, 0.15) is 5.75 Å². The van der Waals surface area contributed by atoms with Crippen LogP contribution in [0.15, 0.2) is 71.2 Å². The molecule has 8 heteroatoms. The molecule has 37 heavy (non-hydrogen) atoms. The van der Waals surface area contributed by atoms with Crippen LogP contribution in [-0.4, -0.2) is 60.8 Å². The lowest BCUT2D eigenvalue weighted by molar-refractivity contribution is 0.0630. The van der Waals surface area contributed by atoms with E-state index < -0.39 is 0 Å². The minimum Gasteiger partial charge on any atom is -0.497 e. The molecule has 0 radical (unpaired) electrons. The summed E-state index contributed by atoms with van der Waals surface area (Å²) < 4.78 is 17.1. The van der Waals surface area contributed by atoms with Crippen molar-refractivity contribution in [3.63, 3.8) is 0 Å². The number of piperazine rings is 1. The molecule has 0 spiro atoms. The van der Waals surface area contributed by atoms with Gasteiger partial charge in [-0.1, -0.05) is 22.0 Å². The quantitative estimate of drug-likeness (QED) is 0.328. The Bertz CT molecular complexity index is 1470. The number of nitrogens with zero attached hydrogens (tertiary/aromatic N) is 3. The molecule has 2 aliphatic rings. The summed E-state index contributed by atoms with van der Waals surface area (Å²) in [6, 6.07) is 21.6. The standard InChI is InChI=1S/C29H26BrN3O4/c1-35-22-6-3-20(4-7-22)26-16-24(23-15-21(30)5-8-25(23)31-26)29(34)33-12-10-32(11-13-33)17-19-2-9-27-28(14-19)37-18-36-27/h2-9,14-16H,10-13,17-18H2,1H3.